The Labute approximate surface area is 121 Å². The van der Waals surface area contributed by atoms with Crippen molar-refractivity contribution in [1.29, 1.82) is 0 Å². The van der Waals surface area contributed by atoms with Crippen LogP contribution in [-0.4, -0.2) is 56.0 Å². The van der Waals surface area contributed by atoms with Crippen LogP contribution >= 0.6 is 0 Å². The molecule has 0 saturated heterocycles. The molecular weight excluding hydrogens is 254 g/mol. The quantitative estimate of drug-likeness (QED) is 0.833. The summed E-state index contributed by atoms with van der Waals surface area (Å²) in [6, 6.07) is 5.13. The van der Waals surface area contributed by atoms with Crippen molar-refractivity contribution >= 4 is 11.6 Å². The number of hydrogen-bond donors (Lipinski definition) is 1. The summed E-state index contributed by atoms with van der Waals surface area (Å²) >= 11 is 0. The van der Waals surface area contributed by atoms with E-state index in [2.05, 4.69) is 18.7 Å². The molecule has 0 aliphatic carbocycles. The van der Waals surface area contributed by atoms with Crippen LogP contribution in [0.3, 0.4) is 0 Å². The van der Waals surface area contributed by atoms with Crippen LogP contribution in [0.2, 0.25) is 0 Å². The lowest BCUT2D eigenvalue weighted by Gasteiger charge is -2.32. The number of nitrogen functional groups attached to an aromatic ring is 1. The normalized spacial score (nSPS) is 11.6. The molecule has 1 aromatic rings. The van der Waals surface area contributed by atoms with Crippen molar-refractivity contribution < 1.29 is 9.53 Å². The fraction of sp³-hybridized carbons (Fsp3) is 0.533. The molecule has 5 heteroatoms. The standard InChI is InChI=1S/C15H25N3O2/c1-15(2,18(5)6)10-20-13-8-7-11(9-12(13)16)14(19)17(3)4/h7-9H,10,16H2,1-6H3. The van der Waals surface area contributed by atoms with Crippen molar-refractivity contribution in [3.05, 3.63) is 23.8 Å². The minimum Gasteiger partial charge on any atom is -0.490 e. The van der Waals surface area contributed by atoms with Crippen LogP contribution in [0.5, 0.6) is 5.75 Å². The maximum Gasteiger partial charge on any atom is 0.253 e. The lowest BCUT2D eigenvalue weighted by Crippen LogP contribution is -2.43. The fourth-order valence-corrected chi connectivity index (χ4v) is 1.45. The lowest BCUT2D eigenvalue weighted by molar-refractivity contribution is 0.0827. The maximum atomic E-state index is 11.8. The Morgan fingerprint density at radius 3 is 2.30 bits per heavy atom. The molecule has 0 aliphatic heterocycles. The summed E-state index contributed by atoms with van der Waals surface area (Å²) in [5.74, 6) is 0.534. The van der Waals surface area contributed by atoms with Crippen LogP contribution in [0.1, 0.15) is 24.2 Å². The van der Waals surface area contributed by atoms with Gasteiger partial charge < -0.3 is 20.3 Å². The topological polar surface area (TPSA) is 58.8 Å². The fourth-order valence-electron chi connectivity index (χ4n) is 1.45. The number of hydrogen-bond acceptors (Lipinski definition) is 4. The van der Waals surface area contributed by atoms with Crippen molar-refractivity contribution in [2.45, 2.75) is 19.4 Å². The highest BCUT2D eigenvalue weighted by atomic mass is 16.5. The Morgan fingerprint density at radius 2 is 1.85 bits per heavy atom. The van der Waals surface area contributed by atoms with E-state index in [9.17, 15) is 4.79 Å². The monoisotopic (exact) mass is 279 g/mol. The molecule has 2 N–H and O–H groups in total. The van der Waals surface area contributed by atoms with Crippen LogP contribution in [0.4, 0.5) is 5.69 Å². The lowest BCUT2D eigenvalue weighted by atomic mass is 10.1. The third kappa shape index (κ3) is 3.87. The smallest absolute Gasteiger partial charge is 0.253 e. The summed E-state index contributed by atoms with van der Waals surface area (Å²) in [6.45, 7) is 4.70. The van der Waals surface area contributed by atoms with Crippen molar-refractivity contribution in [2.24, 2.45) is 0 Å². The number of rotatable bonds is 5. The molecule has 0 fully saturated rings. The van der Waals surface area contributed by atoms with E-state index >= 15 is 0 Å². The number of carbonyl (C=O) groups excluding carboxylic acids is 1. The zero-order valence-corrected chi connectivity index (χ0v) is 13.2. The minimum absolute atomic E-state index is 0.0723. The SMILES string of the molecule is CN(C)C(=O)c1ccc(OCC(C)(C)N(C)C)c(N)c1. The average molecular weight is 279 g/mol. The number of carbonyl (C=O) groups is 1. The summed E-state index contributed by atoms with van der Waals surface area (Å²) in [7, 11) is 7.43. The molecule has 1 aromatic carbocycles. The molecule has 0 aliphatic rings. The van der Waals surface area contributed by atoms with E-state index in [4.69, 9.17) is 10.5 Å². The molecule has 0 saturated carbocycles. The van der Waals surface area contributed by atoms with E-state index in [0.717, 1.165) is 0 Å². The van der Waals surface area contributed by atoms with Crippen LogP contribution in [0.25, 0.3) is 0 Å². The van der Waals surface area contributed by atoms with Gasteiger partial charge in [0.2, 0.25) is 0 Å². The molecule has 0 unspecified atom stereocenters. The van der Waals surface area contributed by atoms with Crippen LogP contribution in [0, 0.1) is 0 Å². The van der Waals surface area contributed by atoms with Gasteiger partial charge in [-0.1, -0.05) is 0 Å². The van der Waals surface area contributed by atoms with Crippen molar-refractivity contribution in [1.82, 2.24) is 9.80 Å². The van der Waals surface area contributed by atoms with Gasteiger partial charge in [-0.05, 0) is 46.1 Å². The second-order valence-corrected chi connectivity index (χ2v) is 5.95. The first-order valence-corrected chi connectivity index (χ1v) is 6.56. The first kappa shape index (κ1) is 16.3. The second-order valence-electron chi connectivity index (χ2n) is 5.95. The number of likely N-dealkylation sites (N-methyl/N-ethyl adjacent to an activating group) is 1. The van der Waals surface area contributed by atoms with E-state index in [0.29, 0.717) is 23.6 Å². The number of anilines is 1. The summed E-state index contributed by atoms with van der Waals surface area (Å²) in [5, 5.41) is 0. The molecule has 1 amide bonds. The summed E-state index contributed by atoms with van der Waals surface area (Å²) in [4.78, 5) is 15.4. The summed E-state index contributed by atoms with van der Waals surface area (Å²) in [6.07, 6.45) is 0. The molecule has 20 heavy (non-hydrogen) atoms. The molecule has 0 bridgehead atoms. The van der Waals surface area contributed by atoms with Gasteiger partial charge in [0.1, 0.15) is 12.4 Å². The Hall–Kier alpha value is -1.75. The van der Waals surface area contributed by atoms with Gasteiger partial charge in [-0.3, -0.25) is 4.79 Å². The Bertz CT molecular complexity index is 482. The number of nitrogens with two attached hydrogens (primary N) is 1. The third-order valence-electron chi connectivity index (χ3n) is 3.45. The second kappa shape index (κ2) is 6.13. The van der Waals surface area contributed by atoms with Gasteiger partial charge in [0.25, 0.3) is 5.91 Å². The Balaban J connectivity index is 2.82. The maximum absolute atomic E-state index is 11.8. The van der Waals surface area contributed by atoms with Gasteiger partial charge in [0.15, 0.2) is 0 Å². The number of amides is 1. The number of ether oxygens (including phenoxy) is 1. The summed E-state index contributed by atoms with van der Waals surface area (Å²) in [5.41, 5.74) is 6.90. The molecule has 0 aromatic heterocycles. The van der Waals surface area contributed by atoms with E-state index in [1.165, 1.54) is 4.90 Å². The molecule has 0 heterocycles. The number of nitrogens with zero attached hydrogens (tertiary/aromatic N) is 2. The van der Waals surface area contributed by atoms with E-state index in [1.54, 1.807) is 32.3 Å². The van der Waals surface area contributed by atoms with Crippen molar-refractivity contribution in [3.8, 4) is 5.75 Å². The first-order chi connectivity index (χ1) is 9.15. The van der Waals surface area contributed by atoms with Crippen LogP contribution in [0.15, 0.2) is 18.2 Å². The number of benzene rings is 1. The predicted molar refractivity (Wildman–Crippen MR) is 82.1 cm³/mol. The van der Waals surface area contributed by atoms with E-state index < -0.39 is 0 Å². The third-order valence-corrected chi connectivity index (χ3v) is 3.45. The Kier molecular flexibility index (Phi) is 5.00. The molecule has 5 nitrogen and oxygen atoms in total. The van der Waals surface area contributed by atoms with E-state index in [-0.39, 0.29) is 11.4 Å². The first-order valence-electron chi connectivity index (χ1n) is 6.56. The highest BCUT2D eigenvalue weighted by Gasteiger charge is 2.22. The van der Waals surface area contributed by atoms with Gasteiger partial charge in [0, 0.05) is 25.2 Å². The molecule has 112 valence electrons. The van der Waals surface area contributed by atoms with Crippen LogP contribution < -0.4 is 10.5 Å². The summed E-state index contributed by atoms with van der Waals surface area (Å²) < 4.78 is 5.77. The van der Waals surface area contributed by atoms with Gasteiger partial charge in [-0.25, -0.2) is 0 Å². The molecular formula is C15H25N3O2. The van der Waals surface area contributed by atoms with Gasteiger partial charge in [-0.15, -0.1) is 0 Å². The van der Waals surface area contributed by atoms with Gasteiger partial charge >= 0.3 is 0 Å². The molecule has 1 rings (SSSR count). The predicted octanol–water partition coefficient (Wildman–Crippen LogP) is 1.69. The highest BCUT2D eigenvalue weighted by Crippen LogP contribution is 2.24. The Morgan fingerprint density at radius 1 is 1.25 bits per heavy atom. The van der Waals surface area contributed by atoms with Crippen LogP contribution in [-0.2, 0) is 0 Å². The van der Waals surface area contributed by atoms with Gasteiger partial charge in [0.05, 0.1) is 5.69 Å². The highest BCUT2D eigenvalue weighted by molar-refractivity contribution is 5.95. The zero-order chi connectivity index (χ0) is 15.5. The van der Waals surface area contributed by atoms with Crippen molar-refractivity contribution in [3.63, 3.8) is 0 Å². The van der Waals surface area contributed by atoms with Crippen molar-refractivity contribution in [2.75, 3.05) is 40.5 Å². The zero-order valence-electron chi connectivity index (χ0n) is 13.2. The minimum atomic E-state index is -0.0927. The molecule has 0 spiro atoms. The molecule has 0 atom stereocenters. The van der Waals surface area contributed by atoms with Gasteiger partial charge in [-0.2, -0.15) is 0 Å². The average Bonchev–Trinajstić information content (AvgIpc) is 2.36. The van der Waals surface area contributed by atoms with E-state index in [1.807, 2.05) is 14.1 Å². The molecule has 0 radical (unpaired) electrons. The largest absolute Gasteiger partial charge is 0.490 e.